The molecule has 4 rings (SSSR count). The van der Waals surface area contributed by atoms with E-state index in [0.717, 1.165) is 21.4 Å². The van der Waals surface area contributed by atoms with Gasteiger partial charge in [0.25, 0.3) is 5.91 Å². The Morgan fingerprint density at radius 3 is 2.31 bits per heavy atom. The molecule has 0 saturated carbocycles. The summed E-state index contributed by atoms with van der Waals surface area (Å²) in [6.07, 6.45) is 1.46. The number of rotatable bonds is 6. The molecule has 2 amide bonds. The highest BCUT2D eigenvalue weighted by Crippen LogP contribution is 2.22. The van der Waals surface area contributed by atoms with Gasteiger partial charge in [0.1, 0.15) is 0 Å². The number of carbonyl (C=O) groups is 2. The van der Waals surface area contributed by atoms with Gasteiger partial charge in [-0.25, -0.2) is 0 Å². The van der Waals surface area contributed by atoms with Gasteiger partial charge in [0.15, 0.2) is 5.76 Å². The fraction of sp³-hybridized carbons (Fsp3) is 0.0435. The van der Waals surface area contributed by atoms with Crippen molar-refractivity contribution in [2.75, 3.05) is 16.4 Å². The highest BCUT2D eigenvalue weighted by atomic mass is 32.2. The topological polar surface area (TPSA) is 71.3 Å². The van der Waals surface area contributed by atoms with E-state index < -0.39 is 0 Å². The fourth-order valence-corrected chi connectivity index (χ4v) is 3.55. The minimum Gasteiger partial charge on any atom is -0.459 e. The first-order valence-corrected chi connectivity index (χ1v) is 10.0. The van der Waals surface area contributed by atoms with Gasteiger partial charge in [-0.15, -0.1) is 11.8 Å². The number of hydrogen-bond donors (Lipinski definition) is 2. The summed E-state index contributed by atoms with van der Waals surface area (Å²) in [7, 11) is 0. The molecule has 0 aliphatic heterocycles. The van der Waals surface area contributed by atoms with Crippen LogP contribution >= 0.6 is 11.8 Å². The largest absolute Gasteiger partial charge is 0.459 e. The molecule has 0 aliphatic carbocycles. The molecule has 5 nitrogen and oxygen atoms in total. The summed E-state index contributed by atoms with van der Waals surface area (Å²) in [6.45, 7) is 0. The molecule has 1 aromatic heterocycles. The summed E-state index contributed by atoms with van der Waals surface area (Å²) < 4.78 is 5.07. The molecular formula is C23H18N2O3S. The fourth-order valence-electron chi connectivity index (χ4n) is 2.85. The van der Waals surface area contributed by atoms with Gasteiger partial charge in [0, 0.05) is 16.3 Å². The molecule has 0 spiro atoms. The van der Waals surface area contributed by atoms with Crippen molar-refractivity contribution >= 4 is 45.7 Å². The maximum atomic E-state index is 12.3. The molecule has 1 heterocycles. The highest BCUT2D eigenvalue weighted by molar-refractivity contribution is 8.00. The Kier molecular flexibility index (Phi) is 5.63. The third-order valence-corrected chi connectivity index (χ3v) is 5.27. The lowest BCUT2D eigenvalue weighted by atomic mass is 10.1. The van der Waals surface area contributed by atoms with Crippen LogP contribution in [0.3, 0.4) is 0 Å². The van der Waals surface area contributed by atoms with Crippen LogP contribution in [0.25, 0.3) is 10.8 Å². The van der Waals surface area contributed by atoms with Gasteiger partial charge in [-0.2, -0.15) is 0 Å². The van der Waals surface area contributed by atoms with Gasteiger partial charge in [0.2, 0.25) is 5.91 Å². The summed E-state index contributed by atoms with van der Waals surface area (Å²) in [4.78, 5) is 25.2. The van der Waals surface area contributed by atoms with Crippen molar-refractivity contribution in [3.63, 3.8) is 0 Å². The van der Waals surface area contributed by atoms with Crippen molar-refractivity contribution in [2.45, 2.75) is 4.90 Å². The van der Waals surface area contributed by atoms with E-state index in [1.165, 1.54) is 18.0 Å². The van der Waals surface area contributed by atoms with E-state index in [9.17, 15) is 9.59 Å². The molecule has 2 N–H and O–H groups in total. The number of thioether (sulfide) groups is 1. The molecule has 0 bridgehead atoms. The number of amides is 2. The van der Waals surface area contributed by atoms with Gasteiger partial charge >= 0.3 is 0 Å². The molecule has 29 heavy (non-hydrogen) atoms. The minimum atomic E-state index is -0.301. The van der Waals surface area contributed by atoms with Crippen LogP contribution in [0.2, 0.25) is 0 Å². The Balaban J connectivity index is 1.30. The molecule has 6 heteroatoms. The van der Waals surface area contributed by atoms with E-state index in [1.807, 2.05) is 54.6 Å². The van der Waals surface area contributed by atoms with Crippen molar-refractivity contribution in [2.24, 2.45) is 0 Å². The van der Waals surface area contributed by atoms with Crippen molar-refractivity contribution in [1.29, 1.82) is 0 Å². The molecule has 3 aromatic carbocycles. The predicted octanol–water partition coefficient (Wildman–Crippen LogP) is 5.42. The highest BCUT2D eigenvalue weighted by Gasteiger charge is 2.09. The van der Waals surface area contributed by atoms with Crippen LogP contribution in [0.15, 0.2) is 94.4 Å². The molecule has 0 radical (unpaired) electrons. The van der Waals surface area contributed by atoms with Crippen molar-refractivity contribution in [1.82, 2.24) is 0 Å². The number of anilines is 2. The second-order valence-electron chi connectivity index (χ2n) is 6.35. The quantitative estimate of drug-likeness (QED) is 0.423. The molecular weight excluding hydrogens is 384 g/mol. The summed E-state index contributed by atoms with van der Waals surface area (Å²) in [5, 5.41) is 7.92. The molecule has 0 fully saturated rings. The first-order valence-electron chi connectivity index (χ1n) is 9.04. The average molecular weight is 402 g/mol. The number of benzene rings is 3. The van der Waals surface area contributed by atoms with E-state index in [0.29, 0.717) is 11.4 Å². The van der Waals surface area contributed by atoms with Gasteiger partial charge in [-0.1, -0.05) is 30.3 Å². The Hall–Kier alpha value is -3.51. The summed E-state index contributed by atoms with van der Waals surface area (Å²) >= 11 is 1.43. The Labute approximate surface area is 172 Å². The number of hydrogen-bond acceptors (Lipinski definition) is 4. The zero-order valence-electron chi connectivity index (χ0n) is 15.4. The van der Waals surface area contributed by atoms with Crippen LogP contribution in [0.5, 0.6) is 0 Å². The number of nitrogens with one attached hydrogen (secondary N) is 2. The lowest BCUT2D eigenvalue weighted by Crippen LogP contribution is -2.13. The normalized spacial score (nSPS) is 10.6. The van der Waals surface area contributed by atoms with E-state index in [4.69, 9.17) is 4.42 Å². The molecule has 0 aliphatic rings. The molecule has 144 valence electrons. The molecule has 0 unspecified atom stereocenters. The first kappa shape index (κ1) is 18.8. The van der Waals surface area contributed by atoms with Crippen LogP contribution in [0, 0.1) is 0 Å². The van der Waals surface area contributed by atoms with Crippen molar-refractivity contribution in [3.05, 3.63) is 90.9 Å². The Morgan fingerprint density at radius 1 is 0.793 bits per heavy atom. The average Bonchev–Trinajstić information content (AvgIpc) is 3.28. The van der Waals surface area contributed by atoms with Crippen molar-refractivity contribution in [3.8, 4) is 0 Å². The molecule has 0 saturated heterocycles. The first-order chi connectivity index (χ1) is 14.2. The third-order valence-electron chi connectivity index (χ3n) is 4.26. The maximum absolute atomic E-state index is 12.3. The zero-order chi connectivity index (χ0) is 20.1. The van der Waals surface area contributed by atoms with E-state index >= 15 is 0 Å². The maximum Gasteiger partial charge on any atom is 0.291 e. The van der Waals surface area contributed by atoms with E-state index in [2.05, 4.69) is 10.6 Å². The summed E-state index contributed by atoms with van der Waals surface area (Å²) in [5.74, 6) is 0.185. The monoisotopic (exact) mass is 402 g/mol. The van der Waals surface area contributed by atoms with Gasteiger partial charge in [0.05, 0.1) is 12.0 Å². The predicted molar refractivity (Wildman–Crippen MR) is 116 cm³/mol. The molecule has 0 atom stereocenters. The Bertz CT molecular complexity index is 1140. The standard InChI is InChI=1S/C23H18N2O3S/c26-22(24-19-8-7-16-4-1-2-5-17(16)14-19)15-29-20-11-9-18(10-12-20)25-23(27)21-6-3-13-28-21/h1-14H,15H2,(H,24,26)(H,25,27). The second-order valence-corrected chi connectivity index (χ2v) is 7.40. The van der Waals surface area contributed by atoms with Crippen LogP contribution < -0.4 is 10.6 Å². The van der Waals surface area contributed by atoms with Crippen LogP contribution in [0.4, 0.5) is 11.4 Å². The molecule has 4 aromatic rings. The SMILES string of the molecule is O=C(CSc1ccc(NC(=O)c2ccco2)cc1)Nc1ccc2ccccc2c1. The number of fused-ring (bicyclic) bond motifs is 1. The summed E-state index contributed by atoms with van der Waals surface area (Å²) in [6, 6.07) is 24.5. The van der Waals surface area contributed by atoms with Crippen LogP contribution in [-0.2, 0) is 4.79 Å². The van der Waals surface area contributed by atoms with Crippen LogP contribution in [0.1, 0.15) is 10.6 Å². The zero-order valence-corrected chi connectivity index (χ0v) is 16.2. The number of furan rings is 1. The van der Waals surface area contributed by atoms with Crippen LogP contribution in [-0.4, -0.2) is 17.6 Å². The van der Waals surface area contributed by atoms with Gasteiger partial charge < -0.3 is 15.1 Å². The number of carbonyl (C=O) groups excluding carboxylic acids is 2. The van der Waals surface area contributed by atoms with Crippen molar-refractivity contribution < 1.29 is 14.0 Å². The lowest BCUT2D eigenvalue weighted by molar-refractivity contribution is -0.113. The second kappa shape index (κ2) is 8.67. The Morgan fingerprint density at radius 2 is 1.55 bits per heavy atom. The smallest absolute Gasteiger partial charge is 0.291 e. The van der Waals surface area contributed by atoms with Gasteiger partial charge in [-0.3, -0.25) is 9.59 Å². The summed E-state index contributed by atoms with van der Waals surface area (Å²) in [5.41, 5.74) is 1.45. The van der Waals surface area contributed by atoms with E-state index in [1.54, 1.807) is 24.3 Å². The lowest BCUT2D eigenvalue weighted by Gasteiger charge is -2.07. The third kappa shape index (κ3) is 4.86. The minimum absolute atomic E-state index is 0.0690. The van der Waals surface area contributed by atoms with Gasteiger partial charge in [-0.05, 0) is 59.3 Å². The van der Waals surface area contributed by atoms with E-state index in [-0.39, 0.29) is 17.6 Å².